The summed E-state index contributed by atoms with van der Waals surface area (Å²) in [4.78, 5) is 13.5. The Balaban J connectivity index is 1.54. The summed E-state index contributed by atoms with van der Waals surface area (Å²) in [6, 6.07) is 10.9. The number of nitrogens with zero attached hydrogens (tertiary/aromatic N) is 2. The summed E-state index contributed by atoms with van der Waals surface area (Å²) in [6.07, 6.45) is 2.39. The lowest BCUT2D eigenvalue weighted by atomic mass is 10.0. The predicted molar refractivity (Wildman–Crippen MR) is 134 cm³/mol. The van der Waals surface area contributed by atoms with Crippen LogP contribution in [0.25, 0.3) is 11.3 Å². The molecule has 3 aromatic rings. The number of ether oxygens (including phenoxy) is 2. The number of carbonyl (C=O) groups excluding carboxylic acids is 1. The number of hydrogen-bond donors (Lipinski definition) is 0. The van der Waals surface area contributed by atoms with E-state index in [2.05, 4.69) is 5.16 Å². The van der Waals surface area contributed by atoms with E-state index < -0.39 is 0 Å². The average Bonchev–Trinajstić information content (AvgIpc) is 3.59. The molecule has 0 radical (unpaired) electrons. The fourth-order valence-electron chi connectivity index (χ4n) is 3.81. The molecule has 0 unspecified atom stereocenters. The minimum Gasteiger partial charge on any atom is -0.489 e. The fourth-order valence-corrected chi connectivity index (χ4v) is 4.68. The molecular weight excluding hydrogens is 499 g/mol. The SMILES string of the molecule is CCN(CCC(=O)OC)c1ccc(OCc2c(-c3c(Cl)cccc3Cl)noc2C2CC2)cc1Cl. The molecule has 0 bridgehead atoms. The highest BCUT2D eigenvalue weighted by atomic mass is 35.5. The summed E-state index contributed by atoms with van der Waals surface area (Å²) in [6.45, 7) is 3.45. The van der Waals surface area contributed by atoms with Crippen molar-refractivity contribution in [2.24, 2.45) is 0 Å². The summed E-state index contributed by atoms with van der Waals surface area (Å²) in [5, 5.41) is 5.83. The van der Waals surface area contributed by atoms with Crippen LogP contribution in [-0.2, 0) is 16.1 Å². The second-order valence-electron chi connectivity index (χ2n) is 8.05. The van der Waals surface area contributed by atoms with Gasteiger partial charge >= 0.3 is 5.97 Å². The molecule has 1 saturated carbocycles. The summed E-state index contributed by atoms with van der Waals surface area (Å²) >= 11 is 19.4. The minimum atomic E-state index is -0.260. The highest BCUT2D eigenvalue weighted by Crippen LogP contribution is 2.46. The van der Waals surface area contributed by atoms with Gasteiger partial charge < -0.3 is 18.9 Å². The molecule has 0 saturated heterocycles. The zero-order valence-corrected chi connectivity index (χ0v) is 21.2. The Morgan fingerprint density at radius 2 is 1.88 bits per heavy atom. The third-order valence-corrected chi connectivity index (χ3v) is 6.74. The van der Waals surface area contributed by atoms with Crippen molar-refractivity contribution in [3.8, 4) is 17.0 Å². The van der Waals surface area contributed by atoms with Crippen molar-refractivity contribution in [3.63, 3.8) is 0 Å². The molecule has 180 valence electrons. The number of aromatic nitrogens is 1. The van der Waals surface area contributed by atoms with Gasteiger partial charge in [-0.05, 0) is 44.0 Å². The Labute approximate surface area is 213 Å². The van der Waals surface area contributed by atoms with Crippen LogP contribution in [0.4, 0.5) is 5.69 Å². The van der Waals surface area contributed by atoms with Crippen LogP contribution in [0.1, 0.15) is 43.4 Å². The number of rotatable bonds is 10. The standard InChI is InChI=1S/C25H25Cl3N2O4/c1-3-30(12-11-22(31)32-2)21-10-9-16(13-20(21)28)33-14-17-24(29-34-25(17)15-7-8-15)23-18(26)5-4-6-19(23)27/h4-6,9-10,13,15H,3,7-8,11-12,14H2,1-2H3. The van der Waals surface area contributed by atoms with Crippen LogP contribution in [0, 0.1) is 0 Å². The molecule has 0 N–H and O–H groups in total. The van der Waals surface area contributed by atoms with Crippen molar-refractivity contribution in [1.29, 1.82) is 0 Å². The van der Waals surface area contributed by atoms with Crippen LogP contribution in [0.3, 0.4) is 0 Å². The van der Waals surface area contributed by atoms with Crippen LogP contribution < -0.4 is 9.64 Å². The van der Waals surface area contributed by atoms with E-state index in [1.165, 1.54) is 7.11 Å². The lowest BCUT2D eigenvalue weighted by Crippen LogP contribution is -2.26. The van der Waals surface area contributed by atoms with Gasteiger partial charge in [0.25, 0.3) is 0 Å². The van der Waals surface area contributed by atoms with Gasteiger partial charge in [-0.2, -0.15) is 0 Å². The summed E-state index contributed by atoms with van der Waals surface area (Å²) in [5.41, 5.74) is 2.90. The summed E-state index contributed by atoms with van der Waals surface area (Å²) in [7, 11) is 1.38. The third kappa shape index (κ3) is 5.45. The Hall–Kier alpha value is -2.41. The highest BCUT2D eigenvalue weighted by Gasteiger charge is 2.33. The molecule has 9 heteroatoms. The average molecular weight is 524 g/mol. The first-order valence-corrected chi connectivity index (χ1v) is 12.2. The molecular formula is C25H25Cl3N2O4. The van der Waals surface area contributed by atoms with E-state index in [9.17, 15) is 4.79 Å². The molecule has 1 fully saturated rings. The molecule has 4 rings (SSSR count). The maximum Gasteiger partial charge on any atom is 0.307 e. The maximum absolute atomic E-state index is 11.5. The van der Waals surface area contributed by atoms with Gasteiger partial charge in [-0.3, -0.25) is 4.79 Å². The molecule has 0 amide bonds. The number of carbonyl (C=O) groups is 1. The van der Waals surface area contributed by atoms with E-state index in [0.717, 1.165) is 29.9 Å². The molecule has 0 atom stereocenters. The molecule has 0 aliphatic heterocycles. The van der Waals surface area contributed by atoms with Crippen molar-refractivity contribution in [2.45, 2.75) is 38.7 Å². The number of anilines is 1. The first-order chi connectivity index (χ1) is 16.4. The van der Waals surface area contributed by atoms with Crippen LogP contribution in [-0.4, -0.2) is 31.3 Å². The number of halogens is 3. The number of benzene rings is 2. The molecule has 1 aliphatic rings. The monoisotopic (exact) mass is 522 g/mol. The Morgan fingerprint density at radius 1 is 1.15 bits per heavy atom. The first-order valence-electron chi connectivity index (χ1n) is 11.1. The van der Waals surface area contributed by atoms with Gasteiger partial charge in [0.05, 0.1) is 39.8 Å². The van der Waals surface area contributed by atoms with E-state index in [0.29, 0.717) is 51.1 Å². The van der Waals surface area contributed by atoms with Crippen LogP contribution in [0.5, 0.6) is 5.75 Å². The number of methoxy groups -OCH3 is 1. The summed E-state index contributed by atoms with van der Waals surface area (Å²) in [5.74, 6) is 1.50. The topological polar surface area (TPSA) is 64.8 Å². The normalized spacial score (nSPS) is 13.1. The Bertz CT molecular complexity index is 1160. The molecule has 1 aliphatic carbocycles. The predicted octanol–water partition coefficient (Wildman–Crippen LogP) is 7.15. The molecule has 0 spiro atoms. The zero-order valence-electron chi connectivity index (χ0n) is 18.9. The van der Waals surface area contributed by atoms with Gasteiger partial charge in [0.1, 0.15) is 23.8 Å². The minimum absolute atomic E-state index is 0.238. The van der Waals surface area contributed by atoms with Gasteiger partial charge in [0.2, 0.25) is 0 Å². The van der Waals surface area contributed by atoms with Crippen LogP contribution in [0.2, 0.25) is 15.1 Å². The van der Waals surface area contributed by atoms with E-state index in [-0.39, 0.29) is 19.0 Å². The Morgan fingerprint density at radius 3 is 2.50 bits per heavy atom. The Kier molecular flexibility index (Phi) is 7.91. The molecule has 2 aromatic carbocycles. The van der Waals surface area contributed by atoms with E-state index in [4.69, 9.17) is 48.8 Å². The lowest BCUT2D eigenvalue weighted by molar-refractivity contribution is -0.140. The molecule has 1 heterocycles. The maximum atomic E-state index is 11.5. The number of hydrogen-bond acceptors (Lipinski definition) is 6. The summed E-state index contributed by atoms with van der Waals surface area (Å²) < 4.78 is 16.5. The largest absolute Gasteiger partial charge is 0.489 e. The van der Waals surface area contributed by atoms with Crippen molar-refractivity contribution in [2.75, 3.05) is 25.1 Å². The van der Waals surface area contributed by atoms with Gasteiger partial charge in [0.15, 0.2) is 0 Å². The van der Waals surface area contributed by atoms with E-state index in [1.807, 2.05) is 24.0 Å². The smallest absolute Gasteiger partial charge is 0.307 e. The fraction of sp³-hybridized carbons (Fsp3) is 0.360. The number of esters is 1. The lowest BCUT2D eigenvalue weighted by Gasteiger charge is -2.24. The molecule has 34 heavy (non-hydrogen) atoms. The van der Waals surface area contributed by atoms with Crippen LogP contribution in [0.15, 0.2) is 40.9 Å². The molecule has 1 aromatic heterocycles. The third-order valence-electron chi connectivity index (χ3n) is 5.80. The van der Waals surface area contributed by atoms with Crippen molar-refractivity contribution in [1.82, 2.24) is 5.16 Å². The van der Waals surface area contributed by atoms with Crippen molar-refractivity contribution >= 4 is 46.5 Å². The second kappa shape index (κ2) is 10.9. The van der Waals surface area contributed by atoms with E-state index >= 15 is 0 Å². The van der Waals surface area contributed by atoms with E-state index in [1.54, 1.807) is 24.3 Å². The van der Waals surface area contributed by atoms with Gasteiger partial charge in [0, 0.05) is 30.6 Å². The first kappa shape index (κ1) is 24.7. The van der Waals surface area contributed by atoms with Crippen molar-refractivity contribution < 1.29 is 18.8 Å². The van der Waals surface area contributed by atoms with Crippen molar-refractivity contribution in [3.05, 3.63) is 62.8 Å². The second-order valence-corrected chi connectivity index (χ2v) is 9.27. The zero-order chi connectivity index (χ0) is 24.2. The van der Waals surface area contributed by atoms with Gasteiger partial charge in [-0.25, -0.2) is 0 Å². The van der Waals surface area contributed by atoms with Gasteiger partial charge in [-0.15, -0.1) is 0 Å². The van der Waals surface area contributed by atoms with Gasteiger partial charge in [-0.1, -0.05) is 46.0 Å². The molecule has 6 nitrogen and oxygen atoms in total. The quantitative estimate of drug-likeness (QED) is 0.263. The highest BCUT2D eigenvalue weighted by molar-refractivity contribution is 6.39. The van der Waals surface area contributed by atoms with Crippen LogP contribution >= 0.6 is 34.8 Å².